The third kappa shape index (κ3) is 4.51. The Hall–Kier alpha value is -3.07. The number of amides is 3. The van der Waals surface area contributed by atoms with Gasteiger partial charge in [-0.25, -0.2) is 9.78 Å². The van der Waals surface area contributed by atoms with Crippen LogP contribution in [0, 0.1) is 0 Å². The number of fused-ring (bicyclic) bond motifs is 2. The Balaban J connectivity index is 1.38. The first kappa shape index (κ1) is 19.3. The summed E-state index contributed by atoms with van der Waals surface area (Å²) in [6.45, 7) is 5.10. The van der Waals surface area contributed by atoms with Crippen molar-refractivity contribution in [3.8, 4) is 11.5 Å². The molecule has 0 unspecified atom stereocenters. The summed E-state index contributed by atoms with van der Waals surface area (Å²) >= 11 is 1.41. The number of carbonyl (C=O) groups excluding carboxylic acids is 2. The molecule has 0 radical (unpaired) electrons. The zero-order valence-corrected chi connectivity index (χ0v) is 17.0. The minimum atomic E-state index is -0.273. The van der Waals surface area contributed by atoms with Crippen molar-refractivity contribution < 1.29 is 19.1 Å². The van der Waals surface area contributed by atoms with E-state index < -0.39 is 0 Å². The first-order chi connectivity index (χ1) is 14.0. The number of nitrogens with one attached hydrogen (secondary N) is 2. The Bertz CT molecular complexity index is 969. The Morgan fingerprint density at radius 2 is 2.10 bits per heavy atom. The molecule has 0 fully saturated rings. The number of anilines is 1. The van der Waals surface area contributed by atoms with E-state index in [2.05, 4.69) is 15.6 Å². The van der Waals surface area contributed by atoms with Gasteiger partial charge in [0, 0.05) is 30.0 Å². The molecule has 29 heavy (non-hydrogen) atoms. The minimum Gasteiger partial charge on any atom is -0.454 e. The number of hydrogen-bond donors (Lipinski definition) is 2. The lowest BCUT2D eigenvalue weighted by Crippen LogP contribution is -2.34. The molecule has 0 aliphatic carbocycles. The maximum absolute atomic E-state index is 12.6. The second-order valence-corrected chi connectivity index (χ2v) is 8.18. The number of urea groups is 1. The van der Waals surface area contributed by atoms with Crippen molar-refractivity contribution in [3.05, 3.63) is 40.4 Å². The highest BCUT2D eigenvalue weighted by atomic mass is 32.1. The van der Waals surface area contributed by atoms with Crippen LogP contribution in [0.4, 0.5) is 9.93 Å². The van der Waals surface area contributed by atoms with E-state index in [1.807, 2.05) is 32.0 Å². The molecule has 0 saturated carbocycles. The molecule has 0 bridgehead atoms. The quantitative estimate of drug-likeness (QED) is 0.751. The van der Waals surface area contributed by atoms with Gasteiger partial charge in [0.2, 0.25) is 12.7 Å². The van der Waals surface area contributed by atoms with E-state index in [4.69, 9.17) is 9.47 Å². The van der Waals surface area contributed by atoms with Crippen molar-refractivity contribution in [2.45, 2.75) is 32.9 Å². The summed E-state index contributed by atoms with van der Waals surface area (Å²) in [5.74, 6) is 1.34. The second-order valence-electron chi connectivity index (χ2n) is 7.10. The summed E-state index contributed by atoms with van der Waals surface area (Å²) in [6, 6.07) is 5.35. The summed E-state index contributed by atoms with van der Waals surface area (Å²) < 4.78 is 10.7. The van der Waals surface area contributed by atoms with Crippen LogP contribution in [0.25, 0.3) is 6.08 Å². The monoisotopic (exact) mass is 414 g/mol. The summed E-state index contributed by atoms with van der Waals surface area (Å²) in [6.07, 6.45) is 4.01. The van der Waals surface area contributed by atoms with Crippen LogP contribution < -0.4 is 20.1 Å². The minimum absolute atomic E-state index is 0.0502. The number of ether oxygens (including phenoxy) is 2. The molecule has 0 saturated heterocycles. The summed E-state index contributed by atoms with van der Waals surface area (Å²) in [5, 5.41) is 6.09. The Morgan fingerprint density at radius 1 is 1.28 bits per heavy atom. The smallest absolute Gasteiger partial charge is 0.321 e. The second kappa shape index (κ2) is 8.12. The topological polar surface area (TPSA) is 92.8 Å². The van der Waals surface area contributed by atoms with Crippen LogP contribution in [0.1, 0.15) is 30.0 Å². The predicted molar refractivity (Wildman–Crippen MR) is 110 cm³/mol. The van der Waals surface area contributed by atoms with Crippen molar-refractivity contribution in [2.75, 3.05) is 18.7 Å². The molecule has 152 valence electrons. The van der Waals surface area contributed by atoms with Gasteiger partial charge in [0.1, 0.15) is 0 Å². The molecule has 2 aliphatic rings. The average Bonchev–Trinajstić information content (AvgIpc) is 3.30. The van der Waals surface area contributed by atoms with Crippen molar-refractivity contribution in [1.29, 1.82) is 0 Å². The number of rotatable bonds is 4. The number of aromatic nitrogens is 1. The Labute approximate surface area is 172 Å². The van der Waals surface area contributed by atoms with Crippen molar-refractivity contribution in [2.24, 2.45) is 0 Å². The van der Waals surface area contributed by atoms with Gasteiger partial charge in [-0.15, -0.1) is 0 Å². The fourth-order valence-electron chi connectivity index (χ4n) is 3.12. The maximum atomic E-state index is 12.6. The van der Waals surface area contributed by atoms with Crippen LogP contribution in [0.2, 0.25) is 0 Å². The number of nitrogens with zero attached hydrogens (tertiary/aromatic N) is 2. The van der Waals surface area contributed by atoms with E-state index >= 15 is 0 Å². The van der Waals surface area contributed by atoms with Gasteiger partial charge in [0.25, 0.3) is 0 Å². The van der Waals surface area contributed by atoms with Crippen LogP contribution in [0.5, 0.6) is 11.5 Å². The van der Waals surface area contributed by atoms with Gasteiger partial charge in [0.05, 0.1) is 12.2 Å². The third-order valence-electron chi connectivity index (χ3n) is 4.50. The van der Waals surface area contributed by atoms with Crippen molar-refractivity contribution in [1.82, 2.24) is 15.2 Å². The molecule has 2 N–H and O–H groups in total. The number of benzene rings is 1. The molecule has 0 spiro atoms. The van der Waals surface area contributed by atoms with Crippen LogP contribution >= 0.6 is 11.3 Å². The van der Waals surface area contributed by atoms with Crippen LogP contribution in [0.15, 0.2) is 24.3 Å². The number of hydrogen-bond acceptors (Lipinski definition) is 6. The van der Waals surface area contributed by atoms with Gasteiger partial charge in [-0.2, -0.15) is 0 Å². The van der Waals surface area contributed by atoms with E-state index in [9.17, 15) is 9.59 Å². The van der Waals surface area contributed by atoms with Gasteiger partial charge in [0.15, 0.2) is 16.6 Å². The van der Waals surface area contributed by atoms with Crippen LogP contribution in [-0.4, -0.2) is 41.2 Å². The molecule has 3 heterocycles. The fraction of sp³-hybridized carbons (Fsp3) is 0.350. The van der Waals surface area contributed by atoms with Gasteiger partial charge < -0.3 is 19.7 Å². The molecule has 4 rings (SSSR count). The third-order valence-corrected chi connectivity index (χ3v) is 5.50. The first-order valence-corrected chi connectivity index (χ1v) is 10.2. The molecule has 3 amide bonds. The molecular formula is C20H22N4O4S. The van der Waals surface area contributed by atoms with E-state index in [-0.39, 0.29) is 24.8 Å². The average molecular weight is 414 g/mol. The summed E-state index contributed by atoms with van der Waals surface area (Å²) in [7, 11) is 0. The van der Waals surface area contributed by atoms with Gasteiger partial charge in [-0.1, -0.05) is 17.4 Å². The molecular weight excluding hydrogens is 392 g/mol. The van der Waals surface area contributed by atoms with E-state index in [0.717, 1.165) is 16.1 Å². The number of carbonyl (C=O) groups is 2. The van der Waals surface area contributed by atoms with Gasteiger partial charge in [-0.3, -0.25) is 10.1 Å². The SMILES string of the molecule is CC(C)NC(=O)Nc1nc2c(s1)CN(C(=O)/C=C/c1ccc3c(c1)OCO3)CC2. The molecule has 0 atom stereocenters. The molecule has 9 heteroatoms. The first-order valence-electron chi connectivity index (χ1n) is 9.40. The van der Waals surface area contributed by atoms with Gasteiger partial charge in [-0.05, 0) is 37.6 Å². The molecule has 1 aromatic carbocycles. The zero-order valence-electron chi connectivity index (χ0n) is 16.2. The number of thiazole rings is 1. The lowest BCUT2D eigenvalue weighted by Gasteiger charge is -2.24. The van der Waals surface area contributed by atoms with Crippen LogP contribution in [0.3, 0.4) is 0 Å². The molecule has 1 aromatic heterocycles. The van der Waals surface area contributed by atoms with Crippen molar-refractivity contribution >= 4 is 34.5 Å². The van der Waals surface area contributed by atoms with E-state index in [1.165, 1.54) is 11.3 Å². The highest BCUT2D eigenvalue weighted by molar-refractivity contribution is 7.15. The lowest BCUT2D eigenvalue weighted by molar-refractivity contribution is -0.126. The van der Waals surface area contributed by atoms with Crippen molar-refractivity contribution in [3.63, 3.8) is 0 Å². The predicted octanol–water partition coefficient (Wildman–Crippen LogP) is 3.00. The molecule has 2 aliphatic heterocycles. The summed E-state index contributed by atoms with van der Waals surface area (Å²) in [5.41, 5.74) is 1.82. The van der Waals surface area contributed by atoms with E-state index in [1.54, 1.807) is 17.1 Å². The highest BCUT2D eigenvalue weighted by Crippen LogP contribution is 2.33. The van der Waals surface area contributed by atoms with Gasteiger partial charge >= 0.3 is 6.03 Å². The molecule has 8 nitrogen and oxygen atoms in total. The highest BCUT2D eigenvalue weighted by Gasteiger charge is 2.23. The summed E-state index contributed by atoms with van der Waals surface area (Å²) in [4.78, 5) is 31.7. The standard InChI is InChI=1S/C20H22N4O4S/c1-12(2)21-19(26)23-20-22-14-7-8-24(10-17(14)29-20)18(25)6-4-13-3-5-15-16(9-13)28-11-27-15/h3-6,9,12H,7-8,10-11H2,1-2H3,(H2,21,22,23,26)/b6-4+. The largest absolute Gasteiger partial charge is 0.454 e. The zero-order chi connectivity index (χ0) is 20.4. The van der Waals surface area contributed by atoms with Crippen LogP contribution in [-0.2, 0) is 17.8 Å². The maximum Gasteiger partial charge on any atom is 0.321 e. The Morgan fingerprint density at radius 3 is 2.93 bits per heavy atom. The lowest BCUT2D eigenvalue weighted by atomic mass is 10.1. The normalized spacial score (nSPS) is 14.9. The van der Waals surface area contributed by atoms with E-state index in [0.29, 0.717) is 36.1 Å². The Kier molecular flexibility index (Phi) is 5.39. The fourth-order valence-corrected chi connectivity index (χ4v) is 4.14. The molecule has 2 aromatic rings.